The van der Waals surface area contributed by atoms with Crippen LogP contribution in [-0.4, -0.2) is 27.1 Å². The number of carbonyl (C=O) groups is 2. The van der Waals surface area contributed by atoms with E-state index in [0.717, 1.165) is 11.3 Å². The lowest BCUT2D eigenvalue weighted by Crippen LogP contribution is -2.14. The van der Waals surface area contributed by atoms with Gasteiger partial charge in [-0.05, 0) is 18.6 Å². The van der Waals surface area contributed by atoms with Gasteiger partial charge in [-0.25, -0.2) is 18.6 Å². The van der Waals surface area contributed by atoms with E-state index >= 15 is 0 Å². The second-order valence-corrected chi connectivity index (χ2v) is 8.13. The topological polar surface area (TPSA) is 99.5 Å². The lowest BCUT2D eigenvalue weighted by molar-refractivity contribution is 0.0699. The lowest BCUT2D eigenvalue weighted by atomic mass is 10.1. The first-order valence-electron chi connectivity index (χ1n) is 8.45. The van der Waals surface area contributed by atoms with Crippen molar-refractivity contribution in [3.8, 4) is 16.2 Å². The average Bonchev–Trinajstić information content (AvgIpc) is 3.32. The number of hydrogen-bond acceptors (Lipinski definition) is 6. The Morgan fingerprint density at radius 1 is 1.13 bits per heavy atom. The number of hydrogen-bond donors (Lipinski definition) is 3. The van der Waals surface area contributed by atoms with Crippen molar-refractivity contribution in [2.45, 2.75) is 6.92 Å². The quantitative estimate of drug-likeness (QED) is 0.397. The third-order valence-electron chi connectivity index (χ3n) is 4.47. The third-order valence-corrected chi connectivity index (χ3v) is 6.27. The van der Waals surface area contributed by atoms with Gasteiger partial charge in [0.25, 0.3) is 5.91 Å². The molecular weight excluding hydrogens is 434 g/mol. The molecular formula is C20H12F2N2O4S2. The molecule has 2 aromatic carbocycles. The number of thiazole rings is 1. The van der Waals surface area contributed by atoms with Crippen molar-refractivity contribution in [2.24, 2.45) is 0 Å². The summed E-state index contributed by atoms with van der Waals surface area (Å²) in [6, 6.07) is 5.42. The minimum atomic E-state index is -1.41. The summed E-state index contributed by atoms with van der Waals surface area (Å²) in [5.74, 6) is -4.70. The molecule has 0 bridgehead atoms. The number of carbonyl (C=O) groups excluding carboxylic acids is 1. The zero-order valence-electron chi connectivity index (χ0n) is 15.2. The summed E-state index contributed by atoms with van der Waals surface area (Å²) in [7, 11) is 0. The molecule has 2 aromatic heterocycles. The molecule has 4 rings (SSSR count). The fourth-order valence-electron chi connectivity index (χ4n) is 2.95. The van der Waals surface area contributed by atoms with E-state index in [1.807, 2.05) is 0 Å². The summed E-state index contributed by atoms with van der Waals surface area (Å²) in [4.78, 5) is 28.5. The van der Waals surface area contributed by atoms with Crippen LogP contribution in [0.3, 0.4) is 0 Å². The minimum Gasteiger partial charge on any atom is -0.507 e. The second kappa shape index (κ2) is 7.47. The number of benzene rings is 2. The van der Waals surface area contributed by atoms with Crippen LogP contribution in [0.5, 0.6) is 5.75 Å². The van der Waals surface area contributed by atoms with Crippen molar-refractivity contribution < 1.29 is 28.6 Å². The highest BCUT2D eigenvalue weighted by Gasteiger charge is 2.25. The van der Waals surface area contributed by atoms with E-state index in [-0.39, 0.29) is 38.6 Å². The van der Waals surface area contributed by atoms with Gasteiger partial charge in [0, 0.05) is 17.0 Å². The number of anilines is 1. The van der Waals surface area contributed by atoms with Gasteiger partial charge in [-0.3, -0.25) is 4.79 Å². The number of aryl methyl sites for hydroxylation is 1. The highest BCUT2D eigenvalue weighted by Crippen LogP contribution is 2.39. The highest BCUT2D eigenvalue weighted by atomic mass is 32.1. The van der Waals surface area contributed by atoms with Crippen molar-refractivity contribution in [3.63, 3.8) is 0 Å². The van der Waals surface area contributed by atoms with E-state index in [1.54, 1.807) is 5.51 Å². The molecule has 4 aromatic rings. The normalized spacial score (nSPS) is 11.0. The van der Waals surface area contributed by atoms with Crippen LogP contribution in [0.1, 0.15) is 26.3 Å². The van der Waals surface area contributed by atoms with Crippen LogP contribution in [0.2, 0.25) is 0 Å². The van der Waals surface area contributed by atoms with Crippen molar-refractivity contribution in [1.29, 1.82) is 0 Å². The molecule has 0 saturated heterocycles. The maximum absolute atomic E-state index is 14.4. The molecule has 0 aliphatic rings. The molecule has 0 atom stereocenters. The first kappa shape index (κ1) is 19.9. The Labute approximate surface area is 176 Å². The van der Waals surface area contributed by atoms with Gasteiger partial charge in [0.2, 0.25) is 0 Å². The number of aromatic hydroxyl groups is 1. The molecule has 0 aliphatic carbocycles. The van der Waals surface area contributed by atoms with E-state index in [2.05, 4.69) is 10.3 Å². The summed E-state index contributed by atoms with van der Waals surface area (Å²) < 4.78 is 29.1. The van der Waals surface area contributed by atoms with Crippen LogP contribution in [0.15, 0.2) is 35.2 Å². The van der Waals surface area contributed by atoms with Crippen LogP contribution in [0.4, 0.5) is 14.5 Å². The van der Waals surface area contributed by atoms with Gasteiger partial charge < -0.3 is 15.5 Å². The molecule has 30 heavy (non-hydrogen) atoms. The predicted octanol–water partition coefficient (Wildman–Crippen LogP) is 5.27. The standard InChI is InChI=1S/C20H12F2N2O4S2/c1-8-2-3-9(17(22)16(8)21)18-15(20(27)28)12(6-29-18)24-19(26)10-4-14-11(5-13(10)25)23-7-30-14/h2-7,25H,1H3,(H,24,26)(H,27,28). The number of thiophene rings is 1. The minimum absolute atomic E-state index is 0.0312. The monoisotopic (exact) mass is 446 g/mol. The molecule has 0 unspecified atom stereocenters. The van der Waals surface area contributed by atoms with E-state index in [4.69, 9.17) is 0 Å². The number of phenolic OH excluding ortho intramolecular Hbond substituents is 1. The van der Waals surface area contributed by atoms with Crippen molar-refractivity contribution in [1.82, 2.24) is 4.98 Å². The lowest BCUT2D eigenvalue weighted by Gasteiger charge is -2.09. The molecule has 10 heteroatoms. The number of amides is 1. The molecule has 1 amide bonds. The molecule has 0 spiro atoms. The number of phenols is 1. The van der Waals surface area contributed by atoms with Crippen molar-refractivity contribution in [2.75, 3.05) is 5.32 Å². The van der Waals surface area contributed by atoms with Crippen LogP contribution in [0, 0.1) is 18.6 Å². The first-order valence-corrected chi connectivity index (χ1v) is 10.2. The maximum atomic E-state index is 14.4. The Morgan fingerprint density at radius 2 is 1.90 bits per heavy atom. The number of carboxylic acid groups (broad SMARTS) is 1. The number of aromatic carboxylic acids is 1. The average molecular weight is 446 g/mol. The van der Waals surface area contributed by atoms with E-state index in [1.165, 1.54) is 47.9 Å². The van der Waals surface area contributed by atoms with Crippen molar-refractivity contribution >= 4 is 50.5 Å². The number of halogens is 2. The van der Waals surface area contributed by atoms with Crippen LogP contribution >= 0.6 is 22.7 Å². The van der Waals surface area contributed by atoms with Crippen molar-refractivity contribution in [3.05, 3.63) is 63.5 Å². The Morgan fingerprint density at radius 3 is 2.63 bits per heavy atom. The van der Waals surface area contributed by atoms with Gasteiger partial charge in [-0.1, -0.05) is 12.1 Å². The summed E-state index contributed by atoms with van der Waals surface area (Å²) in [5, 5.41) is 23.5. The van der Waals surface area contributed by atoms with Gasteiger partial charge in [-0.2, -0.15) is 0 Å². The van der Waals surface area contributed by atoms with Crippen LogP contribution < -0.4 is 5.32 Å². The molecule has 6 nitrogen and oxygen atoms in total. The Balaban J connectivity index is 1.75. The Bertz CT molecular complexity index is 1330. The molecule has 2 heterocycles. The summed E-state index contributed by atoms with van der Waals surface area (Å²) >= 11 is 2.13. The summed E-state index contributed by atoms with van der Waals surface area (Å²) in [5.41, 5.74) is 1.44. The number of fused-ring (bicyclic) bond motifs is 1. The molecule has 3 N–H and O–H groups in total. The SMILES string of the molecule is Cc1ccc(-c2scc(NC(=O)c3cc4scnc4cc3O)c2C(=O)O)c(F)c1F. The zero-order chi connectivity index (χ0) is 21.6. The van der Waals surface area contributed by atoms with Crippen LogP contribution in [-0.2, 0) is 0 Å². The van der Waals surface area contributed by atoms with E-state index in [0.29, 0.717) is 10.2 Å². The zero-order valence-corrected chi connectivity index (χ0v) is 16.8. The van der Waals surface area contributed by atoms with E-state index < -0.39 is 23.5 Å². The van der Waals surface area contributed by atoms with Crippen LogP contribution in [0.25, 0.3) is 20.7 Å². The molecule has 0 aliphatic heterocycles. The van der Waals surface area contributed by atoms with Gasteiger partial charge in [0.15, 0.2) is 11.6 Å². The largest absolute Gasteiger partial charge is 0.507 e. The van der Waals surface area contributed by atoms with Gasteiger partial charge in [0.05, 0.1) is 31.9 Å². The number of aromatic nitrogens is 1. The number of nitrogens with zero attached hydrogens (tertiary/aromatic N) is 1. The number of nitrogens with one attached hydrogen (secondary N) is 1. The Hall–Kier alpha value is -3.37. The Kier molecular flexibility index (Phi) is 4.96. The predicted molar refractivity (Wildman–Crippen MR) is 111 cm³/mol. The molecule has 0 radical (unpaired) electrons. The van der Waals surface area contributed by atoms with Gasteiger partial charge in [-0.15, -0.1) is 22.7 Å². The smallest absolute Gasteiger partial charge is 0.339 e. The van der Waals surface area contributed by atoms with E-state index in [9.17, 15) is 28.6 Å². The summed E-state index contributed by atoms with van der Waals surface area (Å²) in [6.07, 6.45) is 0. The molecule has 0 fully saturated rings. The highest BCUT2D eigenvalue weighted by molar-refractivity contribution is 7.16. The van der Waals surface area contributed by atoms with Gasteiger partial charge >= 0.3 is 5.97 Å². The third kappa shape index (κ3) is 3.29. The number of rotatable bonds is 4. The maximum Gasteiger partial charge on any atom is 0.339 e. The number of carboxylic acids is 1. The first-order chi connectivity index (χ1) is 14.3. The fourth-order valence-corrected chi connectivity index (χ4v) is 4.66. The molecule has 152 valence electrons. The summed E-state index contributed by atoms with van der Waals surface area (Å²) in [6.45, 7) is 1.40. The second-order valence-electron chi connectivity index (χ2n) is 6.36. The fraction of sp³-hybridized carbons (Fsp3) is 0.0500. The van der Waals surface area contributed by atoms with Gasteiger partial charge in [0.1, 0.15) is 11.3 Å². The molecule has 0 saturated carbocycles.